The average molecular weight is 752 g/mol. The molecule has 0 aliphatic carbocycles. The van der Waals surface area contributed by atoms with Crippen molar-refractivity contribution in [2.75, 3.05) is 25.0 Å². The van der Waals surface area contributed by atoms with Gasteiger partial charge in [0.05, 0.1) is 0 Å². The second kappa shape index (κ2) is 19.5. The van der Waals surface area contributed by atoms with E-state index in [1.54, 1.807) is 0 Å². The molecular weight excluding hydrogens is 706 g/mol. The fraction of sp³-hybridized carbons (Fsp3) is 0.421. The Bertz CT molecular complexity index is 1810. The maximum Gasteiger partial charge on any atom is 0.411 e. The molecule has 3 aromatic rings. The highest BCUT2D eigenvalue weighted by atomic mass is 16.8. The van der Waals surface area contributed by atoms with Crippen molar-refractivity contribution in [2.24, 2.45) is 0 Å². The van der Waals surface area contributed by atoms with Crippen LogP contribution in [-0.4, -0.2) is 91.2 Å². The van der Waals surface area contributed by atoms with Gasteiger partial charge in [-0.25, -0.2) is 15.1 Å². The first-order valence-corrected chi connectivity index (χ1v) is 17.3. The third kappa shape index (κ3) is 12.0. The van der Waals surface area contributed by atoms with E-state index in [2.05, 4.69) is 47.7 Å². The molecule has 1 heterocycles. The fourth-order valence-electron chi connectivity index (χ4n) is 5.70. The lowest BCUT2D eigenvalue weighted by Gasteiger charge is -2.43. The van der Waals surface area contributed by atoms with Gasteiger partial charge in [-0.15, -0.1) is 0 Å². The molecule has 0 aromatic heterocycles. The van der Waals surface area contributed by atoms with Crippen LogP contribution in [0.3, 0.4) is 0 Å². The highest BCUT2D eigenvalue weighted by Crippen LogP contribution is 2.30. The summed E-state index contributed by atoms with van der Waals surface area (Å²) in [5.74, 6) is -3.91. The van der Waals surface area contributed by atoms with Crippen molar-refractivity contribution in [1.29, 1.82) is 0 Å². The number of fused-ring (bicyclic) bond motifs is 1. The van der Waals surface area contributed by atoms with Crippen LogP contribution in [0, 0.1) is 0 Å². The van der Waals surface area contributed by atoms with Gasteiger partial charge in [0.15, 0.2) is 18.3 Å². The van der Waals surface area contributed by atoms with E-state index in [0.29, 0.717) is 5.69 Å². The van der Waals surface area contributed by atoms with E-state index in [1.165, 1.54) is 29.8 Å². The minimum absolute atomic E-state index is 0.0417. The number of esters is 4. The summed E-state index contributed by atoms with van der Waals surface area (Å²) in [6.07, 6.45) is -7.99. The molecule has 54 heavy (non-hydrogen) atoms. The van der Waals surface area contributed by atoms with Crippen LogP contribution in [-0.2, 0) is 65.6 Å². The minimum atomic E-state index is -1.62. The van der Waals surface area contributed by atoms with Gasteiger partial charge in [0.1, 0.15) is 19.3 Å². The van der Waals surface area contributed by atoms with Crippen molar-refractivity contribution >= 4 is 52.3 Å². The van der Waals surface area contributed by atoms with Gasteiger partial charge in [-0.2, -0.15) is 0 Å². The smallest absolute Gasteiger partial charge is 0.411 e. The first-order valence-electron chi connectivity index (χ1n) is 17.3. The molecule has 0 spiro atoms. The van der Waals surface area contributed by atoms with E-state index in [9.17, 15) is 28.8 Å². The third-order valence-electron chi connectivity index (χ3n) is 8.25. The van der Waals surface area contributed by atoms with E-state index >= 15 is 0 Å². The van der Waals surface area contributed by atoms with E-state index in [4.69, 9.17) is 33.3 Å². The van der Waals surface area contributed by atoms with Crippen LogP contribution in [0.5, 0.6) is 0 Å². The van der Waals surface area contributed by atoms with Crippen molar-refractivity contribution in [2.45, 2.75) is 85.4 Å². The van der Waals surface area contributed by atoms with Crippen molar-refractivity contribution in [3.63, 3.8) is 0 Å². The summed E-state index contributed by atoms with van der Waals surface area (Å²) >= 11 is 0. The zero-order valence-electron chi connectivity index (χ0n) is 31.0. The lowest BCUT2D eigenvalue weighted by Crippen LogP contribution is -2.63. The summed E-state index contributed by atoms with van der Waals surface area (Å²) in [5, 5.41) is 4.74. The first-order chi connectivity index (χ1) is 25.8. The van der Waals surface area contributed by atoms with Crippen LogP contribution in [0.25, 0.3) is 10.8 Å². The number of nitrogens with one attached hydrogen (secondary N) is 2. The normalized spacial score (nSPS) is 19.4. The second-order valence-corrected chi connectivity index (χ2v) is 12.4. The number of hydrogen-bond donors (Lipinski definition) is 2. The number of rotatable bonds is 15. The summed E-state index contributed by atoms with van der Waals surface area (Å²) in [7, 11) is 0. The SMILES string of the molecule is CCN(CC)Cc1ccc2cc(COC(=O)Nc3ccc(C(=O)NO[C@@H]4O[C@H](COC(C)=O)[C@H](OC(C)=O)[C@H](OC(C)=O)[C@H]4OC(C)=O)cc3)ccc2c1. The molecule has 290 valence electrons. The topological polar surface area (TPSA) is 194 Å². The molecule has 2 N–H and O–H groups in total. The molecule has 0 radical (unpaired) electrons. The molecule has 0 saturated carbocycles. The fourth-order valence-corrected chi connectivity index (χ4v) is 5.70. The molecule has 1 aliphatic rings. The minimum Gasteiger partial charge on any atom is -0.463 e. The van der Waals surface area contributed by atoms with Crippen LogP contribution in [0.15, 0.2) is 60.7 Å². The Morgan fingerprint density at radius 3 is 1.85 bits per heavy atom. The van der Waals surface area contributed by atoms with Crippen molar-refractivity contribution in [1.82, 2.24) is 10.4 Å². The van der Waals surface area contributed by atoms with Gasteiger partial charge in [0, 0.05) is 45.5 Å². The number of anilines is 1. The molecule has 3 aromatic carbocycles. The Hall–Kier alpha value is -5.58. The lowest BCUT2D eigenvalue weighted by atomic mass is 9.98. The number of nitrogens with zero attached hydrogens (tertiary/aromatic N) is 1. The lowest BCUT2D eigenvalue weighted by molar-refractivity contribution is -0.317. The molecule has 4 rings (SSSR count). The van der Waals surface area contributed by atoms with Gasteiger partial charge in [0.25, 0.3) is 5.91 Å². The number of benzene rings is 3. The largest absolute Gasteiger partial charge is 0.463 e. The predicted molar refractivity (Wildman–Crippen MR) is 191 cm³/mol. The summed E-state index contributed by atoms with van der Waals surface area (Å²) < 4.78 is 32.2. The number of amides is 2. The molecule has 16 nitrogen and oxygen atoms in total. The number of carbonyl (C=O) groups is 6. The van der Waals surface area contributed by atoms with E-state index in [-0.39, 0.29) is 12.2 Å². The molecule has 1 fully saturated rings. The van der Waals surface area contributed by atoms with Gasteiger partial charge in [-0.05, 0) is 71.4 Å². The summed E-state index contributed by atoms with van der Waals surface area (Å²) in [4.78, 5) is 80.9. The van der Waals surface area contributed by atoms with Gasteiger partial charge in [0.2, 0.25) is 6.29 Å². The van der Waals surface area contributed by atoms with E-state index in [0.717, 1.165) is 63.7 Å². The van der Waals surface area contributed by atoms with Gasteiger partial charge < -0.3 is 28.4 Å². The molecule has 1 saturated heterocycles. The molecule has 5 atom stereocenters. The first kappa shape index (κ1) is 41.2. The molecule has 2 amide bonds. The van der Waals surface area contributed by atoms with Gasteiger partial charge in [-0.3, -0.25) is 34.2 Å². The Kier molecular flexibility index (Phi) is 14.9. The summed E-state index contributed by atoms with van der Waals surface area (Å²) in [5.41, 5.74) is 4.67. The maximum atomic E-state index is 13.0. The Morgan fingerprint density at radius 2 is 1.26 bits per heavy atom. The highest BCUT2D eigenvalue weighted by molar-refractivity contribution is 5.94. The monoisotopic (exact) mass is 751 g/mol. The Balaban J connectivity index is 1.36. The van der Waals surface area contributed by atoms with E-state index in [1.807, 2.05) is 18.2 Å². The highest BCUT2D eigenvalue weighted by Gasteiger charge is 2.53. The van der Waals surface area contributed by atoms with Crippen LogP contribution in [0.2, 0.25) is 0 Å². The number of hydrogen-bond acceptors (Lipinski definition) is 14. The maximum absolute atomic E-state index is 13.0. The van der Waals surface area contributed by atoms with Crippen LogP contribution in [0.1, 0.15) is 63.0 Å². The average Bonchev–Trinajstić information content (AvgIpc) is 3.12. The van der Waals surface area contributed by atoms with Crippen LogP contribution < -0.4 is 10.8 Å². The standard InChI is InChI=1S/C38H45N3O13/c1-7-41(8-2)19-26-9-11-30-18-27(10-12-29(30)17-26)20-49-38(47)39-31-15-13-28(14-16-31)36(46)40-54-37-35(52-25(6)45)34(51-24(5)44)33(50-23(4)43)32(53-37)21-48-22(3)42/h9-18,32-35,37H,7-8,19-21H2,1-6H3,(H,39,47)(H,40,46)/t32-,33+,34+,35-,37+/m1/s1. The molecular formula is C38H45N3O13. The molecule has 0 unspecified atom stereocenters. The summed E-state index contributed by atoms with van der Waals surface area (Å²) in [6.45, 7) is 11.1. The van der Waals surface area contributed by atoms with E-state index < -0.39 is 73.2 Å². The van der Waals surface area contributed by atoms with Crippen LogP contribution >= 0.6 is 0 Å². The van der Waals surface area contributed by atoms with Gasteiger partial charge in [-0.1, -0.05) is 38.1 Å². The predicted octanol–water partition coefficient (Wildman–Crippen LogP) is 4.17. The summed E-state index contributed by atoms with van der Waals surface area (Å²) in [6, 6.07) is 18.0. The quantitative estimate of drug-likeness (QED) is 0.128. The molecule has 16 heteroatoms. The second-order valence-electron chi connectivity index (χ2n) is 12.4. The van der Waals surface area contributed by atoms with Crippen molar-refractivity contribution < 1.29 is 62.0 Å². The van der Waals surface area contributed by atoms with Crippen LogP contribution in [0.4, 0.5) is 10.5 Å². The zero-order valence-corrected chi connectivity index (χ0v) is 31.0. The number of carbonyl (C=O) groups excluding carboxylic acids is 6. The molecule has 0 bridgehead atoms. The van der Waals surface area contributed by atoms with Gasteiger partial charge >= 0.3 is 30.0 Å². The van der Waals surface area contributed by atoms with Crippen molar-refractivity contribution in [3.8, 4) is 0 Å². The zero-order chi connectivity index (χ0) is 39.4. The number of ether oxygens (including phenoxy) is 6. The number of hydroxylamine groups is 1. The van der Waals surface area contributed by atoms with Crippen molar-refractivity contribution in [3.05, 3.63) is 77.4 Å². The Morgan fingerprint density at radius 1 is 0.685 bits per heavy atom. The molecule has 1 aliphatic heterocycles. The Labute approximate surface area is 312 Å². The third-order valence-corrected chi connectivity index (χ3v) is 8.25.